The summed E-state index contributed by atoms with van der Waals surface area (Å²) < 4.78 is 0. The van der Waals surface area contributed by atoms with Crippen molar-refractivity contribution in [3.05, 3.63) is 62.3 Å². The monoisotopic (exact) mass is 402 g/mol. The van der Waals surface area contributed by atoms with Crippen molar-refractivity contribution in [3.63, 3.8) is 0 Å². The lowest BCUT2D eigenvalue weighted by molar-refractivity contribution is -0.125. The lowest BCUT2D eigenvalue weighted by atomic mass is 10.1. The Hall–Kier alpha value is -2.58. The highest BCUT2D eigenvalue weighted by Gasteiger charge is 2.10. The second-order valence-corrected chi connectivity index (χ2v) is 7.50. The molecule has 0 aliphatic rings. The van der Waals surface area contributed by atoms with Crippen LogP contribution in [-0.4, -0.2) is 43.0 Å². The van der Waals surface area contributed by atoms with Gasteiger partial charge in [-0.05, 0) is 48.4 Å². The van der Waals surface area contributed by atoms with Crippen molar-refractivity contribution in [2.24, 2.45) is 0 Å². The molecule has 0 aliphatic carbocycles. The fraction of sp³-hybridized carbons (Fsp3) is 0.278. The van der Waals surface area contributed by atoms with Gasteiger partial charge in [-0.1, -0.05) is 17.7 Å². The SMILES string of the molecule is Cc1csc(CN(C)C(=O)C=Cc2ccc(Cl)cc2Cn2nnc(C)n2)n1. The predicted molar refractivity (Wildman–Crippen MR) is 105 cm³/mol. The van der Waals surface area contributed by atoms with Gasteiger partial charge in [0.1, 0.15) is 5.01 Å². The standard InChI is InChI=1S/C18H19ClN6OS/c1-12-11-27-17(20-12)10-24(3)18(26)7-5-14-4-6-16(19)8-15(14)9-25-22-13(2)21-23-25/h4-8,11H,9-10H2,1-3H3. The Balaban J connectivity index is 1.72. The smallest absolute Gasteiger partial charge is 0.246 e. The molecular weight excluding hydrogens is 384 g/mol. The van der Waals surface area contributed by atoms with E-state index in [2.05, 4.69) is 20.4 Å². The number of benzene rings is 1. The fourth-order valence-corrected chi connectivity index (χ4v) is 3.48. The molecule has 7 nitrogen and oxygen atoms in total. The van der Waals surface area contributed by atoms with Gasteiger partial charge in [0, 0.05) is 29.2 Å². The molecule has 0 unspecified atom stereocenters. The Morgan fingerprint density at radius 2 is 2.19 bits per heavy atom. The van der Waals surface area contributed by atoms with Gasteiger partial charge in [0.2, 0.25) is 5.91 Å². The Morgan fingerprint density at radius 3 is 2.85 bits per heavy atom. The van der Waals surface area contributed by atoms with E-state index in [1.54, 1.807) is 48.4 Å². The Kier molecular flexibility index (Phi) is 5.98. The third-order valence-electron chi connectivity index (χ3n) is 3.79. The van der Waals surface area contributed by atoms with Gasteiger partial charge in [0.05, 0.1) is 13.1 Å². The number of hydrogen-bond acceptors (Lipinski definition) is 6. The molecule has 0 fully saturated rings. The van der Waals surface area contributed by atoms with Crippen molar-refractivity contribution in [3.8, 4) is 0 Å². The van der Waals surface area contributed by atoms with Crippen LogP contribution < -0.4 is 0 Å². The number of amides is 1. The summed E-state index contributed by atoms with van der Waals surface area (Å²) in [7, 11) is 1.76. The molecule has 0 aliphatic heterocycles. The molecule has 3 rings (SSSR count). The van der Waals surface area contributed by atoms with Crippen LogP contribution in [0.5, 0.6) is 0 Å². The van der Waals surface area contributed by atoms with Crippen molar-refractivity contribution in [1.29, 1.82) is 0 Å². The van der Waals surface area contributed by atoms with Gasteiger partial charge < -0.3 is 4.90 Å². The van der Waals surface area contributed by atoms with E-state index in [9.17, 15) is 4.79 Å². The summed E-state index contributed by atoms with van der Waals surface area (Å²) in [5, 5.41) is 15.5. The number of nitrogens with zero attached hydrogens (tertiary/aromatic N) is 6. The van der Waals surface area contributed by atoms with Gasteiger partial charge in [-0.2, -0.15) is 4.80 Å². The van der Waals surface area contributed by atoms with Crippen LogP contribution in [-0.2, 0) is 17.9 Å². The maximum atomic E-state index is 12.4. The van der Waals surface area contributed by atoms with E-state index in [1.165, 1.54) is 4.80 Å². The van der Waals surface area contributed by atoms with E-state index >= 15 is 0 Å². The number of aryl methyl sites for hydroxylation is 2. The molecule has 9 heteroatoms. The molecule has 0 spiro atoms. The summed E-state index contributed by atoms with van der Waals surface area (Å²) >= 11 is 7.67. The van der Waals surface area contributed by atoms with Crippen molar-refractivity contribution in [1.82, 2.24) is 30.1 Å². The normalized spacial score (nSPS) is 11.3. The molecule has 2 aromatic heterocycles. The molecule has 140 valence electrons. The Morgan fingerprint density at radius 1 is 1.37 bits per heavy atom. The number of carbonyl (C=O) groups excluding carboxylic acids is 1. The van der Waals surface area contributed by atoms with Crippen molar-refractivity contribution in [2.75, 3.05) is 7.05 Å². The second-order valence-electron chi connectivity index (χ2n) is 6.12. The van der Waals surface area contributed by atoms with Crippen molar-refractivity contribution >= 4 is 34.9 Å². The number of thiazole rings is 1. The van der Waals surface area contributed by atoms with E-state index < -0.39 is 0 Å². The average molecular weight is 403 g/mol. The number of likely N-dealkylation sites (N-methyl/N-ethyl adjacent to an activating group) is 1. The van der Waals surface area contributed by atoms with Gasteiger partial charge in [-0.15, -0.1) is 21.5 Å². The summed E-state index contributed by atoms with van der Waals surface area (Å²) in [5.74, 6) is 0.502. The zero-order valence-electron chi connectivity index (χ0n) is 15.3. The van der Waals surface area contributed by atoms with Crippen LogP contribution in [0, 0.1) is 13.8 Å². The van der Waals surface area contributed by atoms with E-state index in [0.29, 0.717) is 23.9 Å². The zero-order chi connectivity index (χ0) is 19.4. The molecule has 0 atom stereocenters. The number of tetrazole rings is 1. The van der Waals surface area contributed by atoms with E-state index in [4.69, 9.17) is 11.6 Å². The van der Waals surface area contributed by atoms with E-state index in [-0.39, 0.29) is 5.91 Å². The highest BCUT2D eigenvalue weighted by atomic mass is 35.5. The quantitative estimate of drug-likeness (QED) is 0.592. The number of hydrogen-bond donors (Lipinski definition) is 0. The number of halogens is 1. The van der Waals surface area contributed by atoms with Crippen LogP contribution in [0.25, 0.3) is 6.08 Å². The molecule has 0 saturated heterocycles. The topological polar surface area (TPSA) is 76.8 Å². The van der Waals surface area contributed by atoms with Crippen LogP contribution >= 0.6 is 22.9 Å². The van der Waals surface area contributed by atoms with Crippen LogP contribution in [0.1, 0.15) is 27.7 Å². The molecular formula is C18H19ClN6OS. The van der Waals surface area contributed by atoms with Gasteiger partial charge in [0.15, 0.2) is 5.82 Å². The number of rotatable bonds is 6. The maximum Gasteiger partial charge on any atom is 0.246 e. The molecule has 0 N–H and O–H groups in total. The van der Waals surface area contributed by atoms with Crippen molar-refractivity contribution < 1.29 is 4.79 Å². The highest BCUT2D eigenvalue weighted by molar-refractivity contribution is 7.09. The first kappa shape index (κ1) is 19.2. The first-order chi connectivity index (χ1) is 12.9. The molecule has 0 radical (unpaired) electrons. The van der Waals surface area contributed by atoms with Gasteiger partial charge in [0.25, 0.3) is 0 Å². The third-order valence-corrected chi connectivity index (χ3v) is 4.98. The summed E-state index contributed by atoms with van der Waals surface area (Å²) in [4.78, 5) is 19.9. The van der Waals surface area contributed by atoms with Crippen LogP contribution in [0.3, 0.4) is 0 Å². The van der Waals surface area contributed by atoms with E-state index in [0.717, 1.165) is 21.8 Å². The predicted octanol–water partition coefficient (Wildman–Crippen LogP) is 3.12. The minimum atomic E-state index is -0.0986. The lowest BCUT2D eigenvalue weighted by Gasteiger charge is -2.13. The van der Waals surface area contributed by atoms with Gasteiger partial charge in [-0.3, -0.25) is 4.79 Å². The minimum absolute atomic E-state index is 0.0986. The molecule has 3 aromatic rings. The van der Waals surface area contributed by atoms with Gasteiger partial charge >= 0.3 is 0 Å². The lowest BCUT2D eigenvalue weighted by Crippen LogP contribution is -2.24. The fourth-order valence-electron chi connectivity index (χ4n) is 2.46. The first-order valence-corrected chi connectivity index (χ1v) is 9.53. The summed E-state index contributed by atoms with van der Waals surface area (Å²) in [6.07, 6.45) is 3.33. The molecule has 1 amide bonds. The third kappa shape index (κ3) is 5.21. The largest absolute Gasteiger partial charge is 0.335 e. The summed E-state index contributed by atoms with van der Waals surface area (Å²) in [6, 6.07) is 5.50. The molecule has 1 aromatic carbocycles. The van der Waals surface area contributed by atoms with Crippen molar-refractivity contribution in [2.45, 2.75) is 26.9 Å². The molecule has 27 heavy (non-hydrogen) atoms. The Labute approximate surface area is 166 Å². The molecule has 0 saturated carbocycles. The van der Waals surface area contributed by atoms with Crippen LogP contribution in [0.2, 0.25) is 5.02 Å². The Bertz CT molecular complexity index is 980. The van der Waals surface area contributed by atoms with Crippen LogP contribution in [0.4, 0.5) is 0 Å². The van der Waals surface area contributed by atoms with Gasteiger partial charge in [-0.25, -0.2) is 4.98 Å². The zero-order valence-corrected chi connectivity index (χ0v) is 16.8. The van der Waals surface area contributed by atoms with E-state index in [1.807, 2.05) is 24.4 Å². The molecule has 0 bridgehead atoms. The molecule has 2 heterocycles. The average Bonchev–Trinajstić information content (AvgIpc) is 3.21. The minimum Gasteiger partial charge on any atom is -0.335 e. The maximum absolute atomic E-state index is 12.4. The number of carbonyl (C=O) groups is 1. The number of aromatic nitrogens is 5. The van der Waals surface area contributed by atoms with Crippen LogP contribution in [0.15, 0.2) is 29.7 Å². The summed E-state index contributed by atoms with van der Waals surface area (Å²) in [6.45, 7) is 4.62. The summed E-state index contributed by atoms with van der Waals surface area (Å²) in [5.41, 5.74) is 2.75. The second kappa shape index (κ2) is 8.41. The highest BCUT2D eigenvalue weighted by Crippen LogP contribution is 2.19. The first-order valence-electron chi connectivity index (χ1n) is 8.28.